The molecule has 1 aliphatic heterocycles. The van der Waals surface area contributed by atoms with Gasteiger partial charge in [0.25, 0.3) is 0 Å². The Kier molecular flexibility index (Phi) is 6.24. The molecule has 1 atom stereocenters. The molecule has 0 amide bonds. The van der Waals surface area contributed by atoms with Gasteiger partial charge >= 0.3 is 6.36 Å². The highest BCUT2D eigenvalue weighted by atomic mass is 35.5. The minimum atomic E-state index is -4.90. The first kappa shape index (κ1) is 18.0. The maximum Gasteiger partial charge on any atom is 0.573 e. The molecule has 3 nitrogen and oxygen atoms in total. The zero-order chi connectivity index (χ0) is 14.8. The van der Waals surface area contributed by atoms with Crippen LogP contribution >= 0.6 is 12.4 Å². The Bertz CT molecular complexity index is 464. The van der Waals surface area contributed by atoms with Crippen molar-refractivity contribution < 1.29 is 22.3 Å². The van der Waals surface area contributed by atoms with Crippen LogP contribution in [0.1, 0.15) is 24.4 Å². The summed E-state index contributed by atoms with van der Waals surface area (Å²) in [4.78, 5) is 0. The summed E-state index contributed by atoms with van der Waals surface area (Å²) in [6.45, 7) is 1.69. The number of nitrogens with one attached hydrogen (secondary N) is 1. The zero-order valence-corrected chi connectivity index (χ0v) is 11.9. The summed E-state index contributed by atoms with van der Waals surface area (Å²) in [5.41, 5.74) is 6.55. The summed E-state index contributed by atoms with van der Waals surface area (Å²) in [6, 6.07) is 3.00. The highest BCUT2D eigenvalue weighted by Gasteiger charge is 2.32. The van der Waals surface area contributed by atoms with Crippen LogP contribution in [0, 0.1) is 11.7 Å². The number of ether oxygens (including phenoxy) is 1. The number of nitrogens with two attached hydrogens (primary N) is 1. The van der Waals surface area contributed by atoms with Gasteiger partial charge in [0.2, 0.25) is 0 Å². The summed E-state index contributed by atoms with van der Waals surface area (Å²) in [6.07, 6.45) is -3.17. The van der Waals surface area contributed by atoms with Gasteiger partial charge in [0, 0.05) is 6.04 Å². The van der Waals surface area contributed by atoms with Crippen molar-refractivity contribution in [2.24, 2.45) is 11.7 Å². The molecule has 1 aromatic rings. The number of benzene rings is 1. The number of alkyl halides is 3. The predicted molar refractivity (Wildman–Crippen MR) is 72.9 cm³/mol. The van der Waals surface area contributed by atoms with Crippen LogP contribution in [0.15, 0.2) is 18.2 Å². The number of halogens is 5. The standard InChI is InChI=1S/C13H16F4N2O.ClH/c14-10-7-9(1-2-11(10)20-13(15,16)17)12(18)8-3-5-19-6-4-8;/h1-2,7-8,12,19H,3-6,18H2;1H/t12-;/m1./s1. The SMILES string of the molecule is Cl.N[C@@H](c1ccc(OC(F)(F)F)c(F)c1)C1CCNCC1. The monoisotopic (exact) mass is 328 g/mol. The summed E-state index contributed by atoms with van der Waals surface area (Å²) >= 11 is 0. The molecule has 0 aliphatic carbocycles. The van der Waals surface area contributed by atoms with Gasteiger partial charge in [-0.15, -0.1) is 25.6 Å². The van der Waals surface area contributed by atoms with Gasteiger partial charge in [-0.05, 0) is 49.5 Å². The van der Waals surface area contributed by atoms with Gasteiger partial charge in [-0.3, -0.25) is 0 Å². The first-order valence-electron chi connectivity index (χ1n) is 6.38. The summed E-state index contributed by atoms with van der Waals surface area (Å²) in [5, 5.41) is 3.19. The minimum Gasteiger partial charge on any atom is -0.403 e. The van der Waals surface area contributed by atoms with Crippen molar-refractivity contribution >= 4 is 12.4 Å². The minimum absolute atomic E-state index is 0. The Hall–Kier alpha value is -1.05. The van der Waals surface area contributed by atoms with Gasteiger partial charge in [-0.25, -0.2) is 4.39 Å². The molecule has 1 aromatic carbocycles. The number of hydrogen-bond donors (Lipinski definition) is 2. The lowest BCUT2D eigenvalue weighted by Gasteiger charge is -2.28. The van der Waals surface area contributed by atoms with Crippen molar-refractivity contribution in [3.63, 3.8) is 0 Å². The lowest BCUT2D eigenvalue weighted by atomic mass is 9.86. The second kappa shape index (κ2) is 7.29. The van der Waals surface area contributed by atoms with Crippen LogP contribution in [-0.2, 0) is 0 Å². The molecule has 0 radical (unpaired) electrons. The molecule has 1 heterocycles. The zero-order valence-electron chi connectivity index (χ0n) is 11.1. The third kappa shape index (κ3) is 5.01. The second-order valence-electron chi connectivity index (χ2n) is 4.85. The molecular weight excluding hydrogens is 312 g/mol. The van der Waals surface area contributed by atoms with Crippen LogP contribution in [0.4, 0.5) is 17.6 Å². The maximum absolute atomic E-state index is 13.6. The fourth-order valence-corrected chi connectivity index (χ4v) is 2.41. The molecule has 2 rings (SSSR count). The largest absolute Gasteiger partial charge is 0.573 e. The lowest BCUT2D eigenvalue weighted by molar-refractivity contribution is -0.275. The molecule has 8 heteroatoms. The first-order valence-corrected chi connectivity index (χ1v) is 6.38. The predicted octanol–water partition coefficient (Wildman–Crippen LogP) is 3.15. The van der Waals surface area contributed by atoms with E-state index < -0.39 is 17.9 Å². The van der Waals surface area contributed by atoms with E-state index in [-0.39, 0.29) is 24.4 Å². The molecule has 120 valence electrons. The third-order valence-corrected chi connectivity index (χ3v) is 3.46. The van der Waals surface area contributed by atoms with Gasteiger partial charge in [-0.1, -0.05) is 6.07 Å². The average molecular weight is 329 g/mol. The number of piperidine rings is 1. The van der Waals surface area contributed by atoms with E-state index in [4.69, 9.17) is 5.73 Å². The fourth-order valence-electron chi connectivity index (χ4n) is 2.41. The molecule has 1 saturated heterocycles. The number of hydrogen-bond acceptors (Lipinski definition) is 3. The van der Waals surface area contributed by atoms with E-state index in [0.717, 1.165) is 38.1 Å². The van der Waals surface area contributed by atoms with Crippen molar-refractivity contribution in [3.05, 3.63) is 29.6 Å². The molecule has 0 saturated carbocycles. The second-order valence-corrected chi connectivity index (χ2v) is 4.85. The van der Waals surface area contributed by atoms with Crippen molar-refractivity contribution in [2.45, 2.75) is 25.2 Å². The Balaban J connectivity index is 0.00000220. The van der Waals surface area contributed by atoms with Gasteiger partial charge in [0.05, 0.1) is 0 Å². The Morgan fingerprint density at radius 3 is 2.38 bits per heavy atom. The molecule has 1 fully saturated rings. The van der Waals surface area contributed by atoms with Crippen molar-refractivity contribution in [1.82, 2.24) is 5.32 Å². The van der Waals surface area contributed by atoms with Gasteiger partial charge in [0.1, 0.15) is 0 Å². The van der Waals surface area contributed by atoms with E-state index in [1.165, 1.54) is 6.07 Å². The van der Waals surface area contributed by atoms with Crippen molar-refractivity contribution in [1.29, 1.82) is 0 Å². The van der Waals surface area contributed by atoms with Gasteiger partial charge in [0.15, 0.2) is 11.6 Å². The molecule has 0 unspecified atom stereocenters. The van der Waals surface area contributed by atoms with Gasteiger partial charge < -0.3 is 15.8 Å². The van der Waals surface area contributed by atoms with Crippen molar-refractivity contribution in [3.8, 4) is 5.75 Å². The van der Waals surface area contributed by atoms with Crippen LogP contribution in [0.25, 0.3) is 0 Å². The summed E-state index contributed by atoms with van der Waals surface area (Å²) in [7, 11) is 0. The molecule has 1 aliphatic rings. The van der Waals surface area contributed by atoms with Crippen LogP contribution in [-0.4, -0.2) is 19.5 Å². The van der Waals surface area contributed by atoms with E-state index in [2.05, 4.69) is 10.1 Å². The topological polar surface area (TPSA) is 47.3 Å². The molecule has 3 N–H and O–H groups in total. The van der Waals surface area contributed by atoms with E-state index >= 15 is 0 Å². The van der Waals surface area contributed by atoms with E-state index in [9.17, 15) is 17.6 Å². The Morgan fingerprint density at radius 2 is 1.86 bits per heavy atom. The van der Waals surface area contributed by atoms with Crippen molar-refractivity contribution in [2.75, 3.05) is 13.1 Å². The van der Waals surface area contributed by atoms with Crippen LogP contribution in [0.5, 0.6) is 5.75 Å². The Labute approximate surface area is 126 Å². The van der Waals surface area contributed by atoms with E-state index in [1.807, 2.05) is 0 Å². The summed E-state index contributed by atoms with van der Waals surface area (Å²) in [5.74, 6) is -1.69. The van der Waals surface area contributed by atoms with Crippen LogP contribution < -0.4 is 15.8 Å². The van der Waals surface area contributed by atoms with E-state index in [1.54, 1.807) is 0 Å². The normalized spacial score (nSPS) is 18.0. The summed E-state index contributed by atoms with van der Waals surface area (Å²) < 4.78 is 53.4. The average Bonchev–Trinajstić information content (AvgIpc) is 2.40. The fraction of sp³-hybridized carbons (Fsp3) is 0.538. The molecule has 0 spiro atoms. The third-order valence-electron chi connectivity index (χ3n) is 3.46. The molecule has 21 heavy (non-hydrogen) atoms. The molecule has 0 bridgehead atoms. The van der Waals surface area contributed by atoms with Gasteiger partial charge in [-0.2, -0.15) is 0 Å². The molecule has 0 aromatic heterocycles. The first-order chi connectivity index (χ1) is 9.37. The molecular formula is C13H17ClF4N2O. The number of rotatable bonds is 3. The lowest BCUT2D eigenvalue weighted by Crippen LogP contribution is -2.33. The maximum atomic E-state index is 13.6. The highest BCUT2D eigenvalue weighted by Crippen LogP contribution is 2.31. The van der Waals surface area contributed by atoms with E-state index in [0.29, 0.717) is 5.56 Å². The Morgan fingerprint density at radius 1 is 1.24 bits per heavy atom. The van der Waals surface area contributed by atoms with Crippen LogP contribution in [0.3, 0.4) is 0 Å². The highest BCUT2D eigenvalue weighted by molar-refractivity contribution is 5.85. The quantitative estimate of drug-likeness (QED) is 0.838. The van der Waals surface area contributed by atoms with Crippen LogP contribution in [0.2, 0.25) is 0 Å². The smallest absolute Gasteiger partial charge is 0.403 e.